The van der Waals surface area contributed by atoms with E-state index in [1.54, 1.807) is 66.9 Å². The van der Waals surface area contributed by atoms with E-state index >= 15 is 0 Å². The van der Waals surface area contributed by atoms with Crippen LogP contribution in [0.1, 0.15) is 60.8 Å². The fraction of sp³-hybridized carbons (Fsp3) is 0.486. The second-order valence-corrected chi connectivity index (χ2v) is 16.7. The number of amides is 3. The molecular formula is C35H45N4O9P. The van der Waals surface area contributed by atoms with Crippen molar-refractivity contribution in [2.45, 2.75) is 89.9 Å². The zero-order valence-corrected chi connectivity index (χ0v) is 29.7. The van der Waals surface area contributed by atoms with Crippen LogP contribution < -0.4 is 20.1 Å². The Balaban J connectivity index is 1.50. The smallest absolute Gasteiger partial charge is 0.408 e. The van der Waals surface area contributed by atoms with Crippen LogP contribution in [-0.4, -0.2) is 80.3 Å². The monoisotopic (exact) mass is 696 g/mol. The third kappa shape index (κ3) is 8.17. The minimum atomic E-state index is -4.68. The molecule has 3 aromatic rings. The number of ether oxygens (including phenoxy) is 3. The lowest BCUT2D eigenvalue weighted by molar-refractivity contribution is -0.142. The molecule has 14 heteroatoms. The second-order valence-electron chi connectivity index (χ2n) is 14.7. The maximum absolute atomic E-state index is 14.3. The number of carbonyl (C=O) groups excluding carboxylic acids is 3. The van der Waals surface area contributed by atoms with Gasteiger partial charge in [0.25, 0.3) is 0 Å². The number of likely N-dealkylation sites (tertiary alicyclic amines) is 1. The van der Waals surface area contributed by atoms with Crippen LogP contribution >= 0.6 is 7.60 Å². The van der Waals surface area contributed by atoms with Gasteiger partial charge in [-0.2, -0.15) is 0 Å². The summed E-state index contributed by atoms with van der Waals surface area (Å²) in [5.74, 6) is -0.187. The minimum absolute atomic E-state index is 0.0265. The van der Waals surface area contributed by atoms with Crippen LogP contribution in [0.2, 0.25) is 0 Å². The number of nitrogens with one attached hydrogen (secondary N) is 2. The number of nitrogens with zero attached hydrogens (tertiary/aromatic N) is 2. The fourth-order valence-corrected chi connectivity index (χ4v) is 6.82. The molecule has 4 N–H and O–H groups in total. The van der Waals surface area contributed by atoms with E-state index in [0.29, 0.717) is 28.1 Å². The molecule has 2 fully saturated rings. The third-order valence-corrected chi connectivity index (χ3v) is 10.3. The highest BCUT2D eigenvalue weighted by molar-refractivity contribution is 7.54. The van der Waals surface area contributed by atoms with Crippen molar-refractivity contribution in [3.8, 4) is 22.8 Å². The van der Waals surface area contributed by atoms with Crippen molar-refractivity contribution >= 4 is 36.4 Å². The molecule has 13 nitrogen and oxygen atoms in total. The highest BCUT2D eigenvalue weighted by atomic mass is 31.2. The molecular weight excluding hydrogens is 651 g/mol. The molecule has 49 heavy (non-hydrogen) atoms. The van der Waals surface area contributed by atoms with E-state index in [1.165, 1.54) is 4.90 Å². The van der Waals surface area contributed by atoms with Gasteiger partial charge < -0.3 is 39.5 Å². The highest BCUT2D eigenvalue weighted by Gasteiger charge is 2.59. The summed E-state index contributed by atoms with van der Waals surface area (Å²) in [6.45, 7) is 10.4. The number of rotatable bonds is 9. The van der Waals surface area contributed by atoms with Crippen molar-refractivity contribution in [2.75, 3.05) is 13.7 Å². The van der Waals surface area contributed by atoms with Crippen LogP contribution in [0.25, 0.3) is 22.2 Å². The molecule has 0 unspecified atom stereocenters. The van der Waals surface area contributed by atoms with Crippen LogP contribution in [0, 0.1) is 5.41 Å². The minimum Gasteiger partial charge on any atom is -0.497 e. The van der Waals surface area contributed by atoms with E-state index in [-0.39, 0.29) is 25.8 Å². The molecule has 5 rings (SSSR count). The second kappa shape index (κ2) is 13.3. The summed E-state index contributed by atoms with van der Waals surface area (Å²) in [5.41, 5.74) is 0.487. The van der Waals surface area contributed by atoms with Crippen LogP contribution in [0.5, 0.6) is 11.5 Å². The molecule has 1 saturated heterocycles. The van der Waals surface area contributed by atoms with Gasteiger partial charge >= 0.3 is 13.7 Å². The number of pyridine rings is 1. The average Bonchev–Trinajstić information content (AvgIpc) is 3.69. The molecule has 0 bridgehead atoms. The Bertz CT molecular complexity index is 1780. The molecule has 1 aromatic heterocycles. The predicted octanol–water partition coefficient (Wildman–Crippen LogP) is 4.98. The van der Waals surface area contributed by atoms with Crippen molar-refractivity contribution in [3.63, 3.8) is 0 Å². The van der Waals surface area contributed by atoms with Crippen LogP contribution in [0.15, 0.2) is 54.6 Å². The molecule has 0 radical (unpaired) electrons. The van der Waals surface area contributed by atoms with E-state index in [4.69, 9.17) is 19.2 Å². The third-order valence-electron chi connectivity index (χ3n) is 8.60. The summed E-state index contributed by atoms with van der Waals surface area (Å²) in [6, 6.07) is 14.5. The van der Waals surface area contributed by atoms with Gasteiger partial charge in [-0.15, -0.1) is 0 Å². The topological polar surface area (TPSA) is 177 Å². The lowest BCUT2D eigenvalue weighted by Gasteiger charge is -2.36. The van der Waals surface area contributed by atoms with Crippen molar-refractivity contribution in [1.29, 1.82) is 0 Å². The number of fused-ring (bicyclic) bond motifs is 1. The van der Waals surface area contributed by atoms with Crippen molar-refractivity contribution in [1.82, 2.24) is 20.5 Å². The normalized spacial score (nSPS) is 19.6. The van der Waals surface area contributed by atoms with E-state index in [0.717, 1.165) is 5.56 Å². The molecule has 0 spiro atoms. The molecule has 1 aliphatic carbocycles. The quantitative estimate of drug-likeness (QED) is 0.223. The SMILES string of the molecule is COc1ccc2c(O[C@@H]3C[C@@H](C(=O)NC4(P(=O)(O)O)CC4)N(C(=O)[C@@H](NC(=O)OC(C)(C)C)C(C)(C)C)C3)cc(-c3ccccc3)nc2c1. The van der Waals surface area contributed by atoms with Gasteiger partial charge in [-0.05, 0) is 51.2 Å². The number of hydrogen-bond donors (Lipinski definition) is 4. The Morgan fingerprint density at radius 2 is 1.69 bits per heavy atom. The molecule has 3 amide bonds. The van der Waals surface area contributed by atoms with Crippen molar-refractivity contribution < 1.29 is 42.9 Å². The van der Waals surface area contributed by atoms with Gasteiger partial charge in [0, 0.05) is 29.5 Å². The molecule has 1 aliphatic heterocycles. The Kier molecular flexibility index (Phi) is 9.77. The number of carbonyl (C=O) groups is 3. The zero-order valence-electron chi connectivity index (χ0n) is 28.9. The Labute approximate surface area is 285 Å². The summed E-state index contributed by atoms with van der Waals surface area (Å²) in [5, 5.41) is 4.26. The first-order valence-corrected chi connectivity index (χ1v) is 17.8. The van der Waals surface area contributed by atoms with Crippen LogP contribution in [-0.2, 0) is 18.9 Å². The first-order valence-electron chi connectivity index (χ1n) is 16.2. The lowest BCUT2D eigenvalue weighted by Crippen LogP contribution is -2.58. The van der Waals surface area contributed by atoms with Gasteiger partial charge in [-0.3, -0.25) is 14.2 Å². The van der Waals surface area contributed by atoms with E-state index in [9.17, 15) is 28.7 Å². The highest BCUT2D eigenvalue weighted by Crippen LogP contribution is 2.63. The summed E-state index contributed by atoms with van der Waals surface area (Å²) in [6.07, 6.45) is -1.24. The van der Waals surface area contributed by atoms with Gasteiger partial charge in [0.05, 0.1) is 24.9 Å². The Morgan fingerprint density at radius 3 is 2.27 bits per heavy atom. The lowest BCUT2D eigenvalue weighted by atomic mass is 9.85. The molecule has 2 heterocycles. The summed E-state index contributed by atoms with van der Waals surface area (Å²) in [4.78, 5) is 67.2. The fourth-order valence-electron chi connectivity index (χ4n) is 5.87. The number of methoxy groups -OCH3 is 1. The van der Waals surface area contributed by atoms with Crippen LogP contribution in [0.3, 0.4) is 0 Å². The van der Waals surface area contributed by atoms with E-state index in [1.807, 2.05) is 36.4 Å². The maximum Gasteiger partial charge on any atom is 0.408 e. The number of benzene rings is 2. The Morgan fingerprint density at radius 1 is 1.02 bits per heavy atom. The average molecular weight is 697 g/mol. The Hall–Kier alpha value is -4.19. The number of aromatic nitrogens is 1. The van der Waals surface area contributed by atoms with Gasteiger partial charge in [0.1, 0.15) is 40.6 Å². The van der Waals surface area contributed by atoms with E-state index < -0.39 is 60.0 Å². The molecule has 1 saturated carbocycles. The maximum atomic E-state index is 14.3. The number of hydrogen-bond acceptors (Lipinski definition) is 8. The first-order chi connectivity index (χ1) is 22.8. The van der Waals surface area contributed by atoms with Crippen LogP contribution in [0.4, 0.5) is 4.79 Å². The molecule has 3 atom stereocenters. The largest absolute Gasteiger partial charge is 0.497 e. The molecule has 264 valence electrons. The van der Waals surface area contributed by atoms with Gasteiger partial charge in [-0.25, -0.2) is 9.78 Å². The summed E-state index contributed by atoms with van der Waals surface area (Å²) >= 11 is 0. The molecule has 2 aliphatic rings. The van der Waals surface area contributed by atoms with Crippen molar-refractivity contribution in [3.05, 3.63) is 54.6 Å². The number of alkyl carbamates (subject to hydrolysis) is 1. The van der Waals surface area contributed by atoms with E-state index in [2.05, 4.69) is 10.6 Å². The van der Waals surface area contributed by atoms with Crippen molar-refractivity contribution in [2.24, 2.45) is 5.41 Å². The van der Waals surface area contributed by atoms with Gasteiger partial charge in [0.2, 0.25) is 11.8 Å². The molecule has 2 aromatic carbocycles. The predicted molar refractivity (Wildman–Crippen MR) is 183 cm³/mol. The van der Waals surface area contributed by atoms with Gasteiger partial charge in [-0.1, -0.05) is 51.1 Å². The zero-order chi connectivity index (χ0) is 35.9. The van der Waals surface area contributed by atoms with Gasteiger partial charge in [0.15, 0.2) is 0 Å². The summed E-state index contributed by atoms with van der Waals surface area (Å²) < 4.78 is 29.7. The first kappa shape index (κ1) is 36.1. The standard InChI is InChI=1S/C35H45N4O9P/c1-33(2,3)29(37-32(42)48-34(4,5)6)31(41)39-20-23(18-27(39)30(40)38-35(15-16-35)49(43,44)45)47-28-19-25(21-11-9-8-10-12-21)36-26-17-22(46-7)13-14-24(26)28/h8-14,17,19,23,27,29H,15-16,18,20H2,1-7H3,(H,37,42)(H,38,40)(H2,43,44,45)/t23-,27+,29-/m1/s1. The summed E-state index contributed by atoms with van der Waals surface area (Å²) in [7, 11) is -3.11.